The van der Waals surface area contributed by atoms with Crippen LogP contribution in [0.3, 0.4) is 0 Å². The Labute approximate surface area is 132 Å². The Hall–Kier alpha value is -2.37. The van der Waals surface area contributed by atoms with Crippen molar-refractivity contribution in [2.75, 3.05) is 0 Å². The average molecular weight is 306 g/mol. The smallest absolute Gasteiger partial charge is 0.131 e. The molecule has 0 aliphatic rings. The van der Waals surface area contributed by atoms with E-state index >= 15 is 0 Å². The average Bonchev–Trinajstić information content (AvgIpc) is 2.64. The van der Waals surface area contributed by atoms with E-state index in [-0.39, 0.29) is 0 Å². The fraction of sp³-hybridized carbons (Fsp3) is 0. The summed E-state index contributed by atoms with van der Waals surface area (Å²) in [6.45, 7) is 3.63. The highest BCUT2D eigenvalue weighted by Crippen LogP contribution is 2.18. The minimum Gasteiger partial charge on any atom is -0.317 e. The third-order valence-electron chi connectivity index (χ3n) is 3.11. The molecule has 0 amide bonds. The van der Waals surface area contributed by atoms with Gasteiger partial charge in [-0.2, -0.15) is 0 Å². The number of benzene rings is 3. The molecule has 0 heterocycles. The largest absolute Gasteiger partial charge is 0.317 e. The molecule has 3 aromatic rings. The van der Waals surface area contributed by atoms with Gasteiger partial charge in [0.15, 0.2) is 0 Å². The van der Waals surface area contributed by atoms with Crippen molar-refractivity contribution in [3.63, 3.8) is 0 Å². The van der Waals surface area contributed by atoms with Crippen molar-refractivity contribution in [1.82, 2.24) is 0 Å². The molecule has 0 bridgehead atoms. The van der Waals surface area contributed by atoms with Gasteiger partial charge in [0.05, 0.1) is 0 Å². The lowest BCUT2D eigenvalue weighted by molar-refractivity contribution is 0.598. The number of hydrogen-bond acceptors (Lipinski definition) is 1. The third kappa shape index (κ3) is 4.87. The van der Waals surface area contributed by atoms with Crippen LogP contribution in [-0.4, -0.2) is 0 Å². The summed E-state index contributed by atoms with van der Waals surface area (Å²) in [5.41, 5.74) is 1.17. The second kappa shape index (κ2) is 8.81. The Kier molecular flexibility index (Phi) is 6.41. The SMILES string of the molecule is C=Cc1ccccc1.O=[PH](c1ccccc1)c1ccccc1. The summed E-state index contributed by atoms with van der Waals surface area (Å²) in [6.07, 6.45) is 1.83. The maximum atomic E-state index is 12.0. The van der Waals surface area contributed by atoms with Crippen LogP contribution >= 0.6 is 7.80 Å². The number of hydrogen-bond donors (Lipinski definition) is 0. The van der Waals surface area contributed by atoms with E-state index in [9.17, 15) is 4.57 Å². The van der Waals surface area contributed by atoms with E-state index in [1.165, 1.54) is 5.56 Å². The van der Waals surface area contributed by atoms with E-state index in [1.54, 1.807) is 0 Å². The molecule has 3 aromatic carbocycles. The highest BCUT2D eigenvalue weighted by Gasteiger charge is 2.03. The normalized spacial score (nSPS) is 9.68. The molecule has 0 spiro atoms. The Morgan fingerprint density at radius 1 is 0.636 bits per heavy atom. The second-order valence-electron chi connectivity index (χ2n) is 4.68. The van der Waals surface area contributed by atoms with Gasteiger partial charge in [-0.3, -0.25) is 0 Å². The number of rotatable bonds is 3. The lowest BCUT2D eigenvalue weighted by Gasteiger charge is -2.01. The fourth-order valence-electron chi connectivity index (χ4n) is 1.93. The molecule has 0 aliphatic carbocycles. The molecule has 0 aromatic heterocycles. The topological polar surface area (TPSA) is 17.1 Å². The minimum atomic E-state index is -1.79. The molecule has 0 unspecified atom stereocenters. The summed E-state index contributed by atoms with van der Waals surface area (Å²) in [7, 11) is -1.79. The van der Waals surface area contributed by atoms with Crippen LogP contribution in [0.1, 0.15) is 5.56 Å². The van der Waals surface area contributed by atoms with Gasteiger partial charge >= 0.3 is 0 Å². The van der Waals surface area contributed by atoms with Crippen LogP contribution in [0.15, 0.2) is 97.6 Å². The molecule has 3 rings (SSSR count). The lowest BCUT2D eigenvalue weighted by Crippen LogP contribution is -2.04. The van der Waals surface area contributed by atoms with Crippen LogP contribution in [0.25, 0.3) is 6.08 Å². The Balaban J connectivity index is 0.000000188. The summed E-state index contributed by atoms with van der Waals surface area (Å²) in [4.78, 5) is 0. The van der Waals surface area contributed by atoms with Crippen molar-refractivity contribution < 1.29 is 4.57 Å². The maximum Gasteiger partial charge on any atom is 0.131 e. The van der Waals surface area contributed by atoms with E-state index in [1.807, 2.05) is 97.1 Å². The van der Waals surface area contributed by atoms with Crippen LogP contribution in [0.2, 0.25) is 0 Å². The van der Waals surface area contributed by atoms with Crippen molar-refractivity contribution in [1.29, 1.82) is 0 Å². The van der Waals surface area contributed by atoms with Gasteiger partial charge in [0, 0.05) is 10.6 Å². The van der Waals surface area contributed by atoms with Gasteiger partial charge in [-0.05, 0) is 5.56 Å². The quantitative estimate of drug-likeness (QED) is 0.650. The maximum absolute atomic E-state index is 12.0. The molecule has 0 saturated heterocycles. The van der Waals surface area contributed by atoms with E-state index in [2.05, 4.69) is 6.58 Å². The van der Waals surface area contributed by atoms with E-state index in [0.29, 0.717) is 0 Å². The molecule has 0 saturated carbocycles. The van der Waals surface area contributed by atoms with Gasteiger partial charge in [-0.1, -0.05) is 104 Å². The Morgan fingerprint density at radius 3 is 1.32 bits per heavy atom. The third-order valence-corrected chi connectivity index (χ3v) is 4.82. The summed E-state index contributed by atoms with van der Waals surface area (Å²) < 4.78 is 12.0. The Bertz CT molecular complexity index is 665. The van der Waals surface area contributed by atoms with Crippen LogP contribution < -0.4 is 10.6 Å². The molecule has 0 fully saturated rings. The molecule has 0 aliphatic heterocycles. The van der Waals surface area contributed by atoms with Gasteiger partial charge in [0.25, 0.3) is 0 Å². The van der Waals surface area contributed by atoms with Crippen molar-refractivity contribution in [3.8, 4) is 0 Å². The summed E-state index contributed by atoms with van der Waals surface area (Å²) in [5.74, 6) is 0. The lowest BCUT2D eigenvalue weighted by atomic mass is 10.2. The van der Waals surface area contributed by atoms with Crippen LogP contribution in [0, 0.1) is 0 Å². The van der Waals surface area contributed by atoms with Gasteiger partial charge in [0.1, 0.15) is 7.80 Å². The molecule has 1 nitrogen and oxygen atoms in total. The molecule has 0 radical (unpaired) electrons. The molecule has 110 valence electrons. The predicted octanol–water partition coefficient (Wildman–Crippen LogP) is 4.53. The van der Waals surface area contributed by atoms with Crippen molar-refractivity contribution in [2.45, 2.75) is 0 Å². The first kappa shape index (κ1) is 16.0. The van der Waals surface area contributed by atoms with E-state index in [4.69, 9.17) is 0 Å². The second-order valence-corrected chi connectivity index (χ2v) is 6.49. The standard InChI is InChI=1S/C12H11OP.C8H8/c13-14(11-7-3-1-4-8-11)12-9-5-2-6-10-12;1-2-8-6-4-3-5-7-8/h1-10,14H;2-7H,1H2. The van der Waals surface area contributed by atoms with Gasteiger partial charge in [0.2, 0.25) is 0 Å². The van der Waals surface area contributed by atoms with Gasteiger partial charge < -0.3 is 4.57 Å². The Morgan fingerprint density at radius 2 is 1.00 bits per heavy atom. The predicted molar refractivity (Wildman–Crippen MR) is 97.7 cm³/mol. The molecule has 2 heteroatoms. The van der Waals surface area contributed by atoms with Crippen molar-refractivity contribution in [3.05, 3.63) is 103 Å². The minimum absolute atomic E-state index is 0.920. The summed E-state index contributed by atoms with van der Waals surface area (Å²) in [6, 6.07) is 29.2. The molecule has 0 N–H and O–H groups in total. The van der Waals surface area contributed by atoms with E-state index < -0.39 is 7.80 Å². The fourth-order valence-corrected chi connectivity index (χ4v) is 3.26. The first-order valence-electron chi connectivity index (χ1n) is 7.13. The van der Waals surface area contributed by atoms with Crippen molar-refractivity contribution in [2.24, 2.45) is 0 Å². The first-order valence-corrected chi connectivity index (χ1v) is 8.54. The molecule has 22 heavy (non-hydrogen) atoms. The monoisotopic (exact) mass is 306 g/mol. The zero-order valence-electron chi connectivity index (χ0n) is 12.4. The summed E-state index contributed by atoms with van der Waals surface area (Å²) in [5, 5.41) is 1.84. The summed E-state index contributed by atoms with van der Waals surface area (Å²) >= 11 is 0. The zero-order valence-corrected chi connectivity index (χ0v) is 13.4. The molecular formula is C20H19OP. The van der Waals surface area contributed by atoms with Crippen LogP contribution in [0.4, 0.5) is 0 Å². The van der Waals surface area contributed by atoms with Crippen molar-refractivity contribution >= 4 is 24.5 Å². The van der Waals surface area contributed by atoms with Crippen LogP contribution in [0.5, 0.6) is 0 Å². The highest BCUT2D eigenvalue weighted by molar-refractivity contribution is 7.61. The first-order chi connectivity index (χ1) is 10.8. The van der Waals surface area contributed by atoms with E-state index in [0.717, 1.165) is 10.6 Å². The zero-order chi connectivity index (χ0) is 15.6. The molecule has 0 atom stereocenters. The van der Waals surface area contributed by atoms with Gasteiger partial charge in [-0.25, -0.2) is 0 Å². The van der Waals surface area contributed by atoms with Crippen LogP contribution in [-0.2, 0) is 4.57 Å². The van der Waals surface area contributed by atoms with Gasteiger partial charge in [-0.15, -0.1) is 0 Å². The molecular weight excluding hydrogens is 287 g/mol. The highest BCUT2D eigenvalue weighted by atomic mass is 31.1.